The van der Waals surface area contributed by atoms with Gasteiger partial charge >= 0.3 is 10.2 Å². The first kappa shape index (κ1) is 30.5. The molecule has 1 fully saturated rings. The van der Waals surface area contributed by atoms with Gasteiger partial charge in [0.1, 0.15) is 22.2 Å². The Bertz CT molecular complexity index is 1480. The summed E-state index contributed by atoms with van der Waals surface area (Å²) in [7, 11) is 1.95. The quantitative estimate of drug-likeness (QED) is 0.318. The normalized spacial score (nSPS) is 14.0. The van der Waals surface area contributed by atoms with Crippen molar-refractivity contribution < 1.29 is 27.5 Å². The minimum atomic E-state index is -3.96. The van der Waals surface area contributed by atoms with E-state index in [2.05, 4.69) is 4.98 Å². The Kier molecular flexibility index (Phi) is 9.35. The fourth-order valence-corrected chi connectivity index (χ4v) is 6.09. The van der Waals surface area contributed by atoms with Crippen molar-refractivity contribution >= 4 is 33.4 Å². The SMILES string of the molecule is COc1ccc(CCCN(Cc2nc(C(=O)NS(=O)(=O)N(C)C)c(C)s2)C(=O)C2(c3ccc(OC)cc3)CC2)cc1. The Hall–Kier alpha value is -3.48. The van der Waals surface area contributed by atoms with Gasteiger partial charge in [-0.15, -0.1) is 11.3 Å². The highest BCUT2D eigenvalue weighted by atomic mass is 32.2. The first-order valence-corrected chi connectivity index (χ1v) is 15.5. The standard InChI is InChI=1S/C29H36N4O6S2/c1-20-26(27(34)31-41(36,37)32(2)3)30-25(40-20)19-33(18-6-7-21-8-12-23(38-4)13-9-21)28(35)29(16-17-29)22-10-14-24(39-5)15-11-22/h8-15H,6-7,16-19H2,1-5H3,(H,31,34). The highest BCUT2D eigenvalue weighted by Crippen LogP contribution is 2.50. The number of carbonyl (C=O) groups is 2. The molecule has 1 aliphatic rings. The number of nitrogens with one attached hydrogen (secondary N) is 1. The van der Waals surface area contributed by atoms with Crippen molar-refractivity contribution in [2.45, 2.75) is 44.6 Å². The lowest BCUT2D eigenvalue weighted by Gasteiger charge is -2.27. The van der Waals surface area contributed by atoms with Gasteiger partial charge in [0.15, 0.2) is 0 Å². The number of methoxy groups -OCH3 is 2. The van der Waals surface area contributed by atoms with Crippen LogP contribution < -0.4 is 14.2 Å². The molecule has 0 radical (unpaired) electrons. The number of benzene rings is 2. The van der Waals surface area contributed by atoms with Crippen LogP contribution in [0, 0.1) is 6.92 Å². The number of rotatable bonds is 13. The summed E-state index contributed by atoms with van der Waals surface area (Å²) in [6.07, 6.45) is 3.01. The fourth-order valence-electron chi connectivity index (χ4n) is 4.63. The Labute approximate surface area is 245 Å². The molecule has 1 heterocycles. The molecule has 220 valence electrons. The van der Waals surface area contributed by atoms with Crippen molar-refractivity contribution in [2.24, 2.45) is 0 Å². The second-order valence-electron chi connectivity index (χ2n) is 10.2. The van der Waals surface area contributed by atoms with Crippen molar-refractivity contribution in [1.29, 1.82) is 0 Å². The van der Waals surface area contributed by atoms with Crippen molar-refractivity contribution in [3.05, 3.63) is 75.2 Å². The molecule has 3 aromatic rings. The van der Waals surface area contributed by atoms with Crippen LogP contribution in [0.3, 0.4) is 0 Å². The highest BCUT2D eigenvalue weighted by molar-refractivity contribution is 7.87. The van der Waals surface area contributed by atoms with Gasteiger partial charge < -0.3 is 14.4 Å². The van der Waals surface area contributed by atoms with E-state index in [1.165, 1.54) is 25.4 Å². The van der Waals surface area contributed by atoms with Crippen LogP contribution in [0.2, 0.25) is 0 Å². The summed E-state index contributed by atoms with van der Waals surface area (Å²) in [4.78, 5) is 33.7. The molecule has 1 saturated carbocycles. The molecule has 0 bridgehead atoms. The lowest BCUT2D eigenvalue weighted by atomic mass is 9.94. The summed E-state index contributed by atoms with van der Waals surface area (Å²) in [6.45, 7) is 2.43. The number of aryl methyl sites for hydroxylation is 2. The molecule has 41 heavy (non-hydrogen) atoms. The van der Waals surface area contributed by atoms with Gasteiger partial charge in [0, 0.05) is 25.5 Å². The molecule has 2 amide bonds. The van der Waals surface area contributed by atoms with Crippen LogP contribution in [-0.2, 0) is 33.4 Å². The predicted octanol–water partition coefficient (Wildman–Crippen LogP) is 3.70. The van der Waals surface area contributed by atoms with Crippen LogP contribution in [0.4, 0.5) is 0 Å². The van der Waals surface area contributed by atoms with Crippen molar-refractivity contribution in [2.75, 3.05) is 34.9 Å². The van der Waals surface area contributed by atoms with Crippen LogP contribution in [0.15, 0.2) is 48.5 Å². The van der Waals surface area contributed by atoms with Crippen molar-refractivity contribution in [1.82, 2.24) is 18.9 Å². The zero-order chi connectivity index (χ0) is 29.8. The molecular formula is C29H36N4O6S2. The highest BCUT2D eigenvalue weighted by Gasteiger charge is 2.53. The Balaban J connectivity index is 1.55. The lowest BCUT2D eigenvalue weighted by Crippen LogP contribution is -2.40. The number of hydrogen-bond donors (Lipinski definition) is 1. The van der Waals surface area contributed by atoms with Gasteiger partial charge in [-0.05, 0) is 68.0 Å². The van der Waals surface area contributed by atoms with Crippen LogP contribution in [0.25, 0.3) is 0 Å². The molecule has 4 rings (SSSR count). The summed E-state index contributed by atoms with van der Waals surface area (Å²) < 4.78 is 37.8. The molecule has 12 heteroatoms. The van der Waals surface area contributed by atoms with E-state index in [0.717, 1.165) is 52.6 Å². The third-order valence-electron chi connectivity index (χ3n) is 7.23. The fraction of sp³-hybridized carbons (Fsp3) is 0.414. The van der Waals surface area contributed by atoms with E-state index >= 15 is 0 Å². The topological polar surface area (TPSA) is 118 Å². The molecule has 0 spiro atoms. The minimum Gasteiger partial charge on any atom is -0.497 e. The third-order valence-corrected chi connectivity index (χ3v) is 9.59. The minimum absolute atomic E-state index is 0.0198. The van der Waals surface area contributed by atoms with E-state index in [1.54, 1.807) is 21.1 Å². The summed E-state index contributed by atoms with van der Waals surface area (Å²) in [6, 6.07) is 15.5. The number of aromatic nitrogens is 1. The number of thiazole rings is 1. The molecule has 0 saturated heterocycles. The zero-order valence-corrected chi connectivity index (χ0v) is 25.6. The lowest BCUT2D eigenvalue weighted by molar-refractivity contribution is -0.134. The van der Waals surface area contributed by atoms with E-state index in [1.807, 2.05) is 58.2 Å². The molecule has 0 unspecified atom stereocenters. The molecule has 0 aliphatic heterocycles. The van der Waals surface area contributed by atoms with Crippen LogP contribution in [0.1, 0.15) is 50.8 Å². The Morgan fingerprint density at radius 2 is 1.59 bits per heavy atom. The number of amides is 2. The van der Waals surface area contributed by atoms with Gasteiger partial charge in [-0.1, -0.05) is 24.3 Å². The van der Waals surface area contributed by atoms with E-state index in [9.17, 15) is 18.0 Å². The van der Waals surface area contributed by atoms with Gasteiger partial charge in [0.05, 0.1) is 26.2 Å². The maximum absolute atomic E-state index is 14.1. The van der Waals surface area contributed by atoms with E-state index in [4.69, 9.17) is 9.47 Å². The molecule has 1 aliphatic carbocycles. The predicted molar refractivity (Wildman–Crippen MR) is 158 cm³/mol. The van der Waals surface area contributed by atoms with Crippen LogP contribution in [0.5, 0.6) is 11.5 Å². The maximum atomic E-state index is 14.1. The molecular weight excluding hydrogens is 564 g/mol. The van der Waals surface area contributed by atoms with Gasteiger partial charge in [0.2, 0.25) is 5.91 Å². The van der Waals surface area contributed by atoms with Crippen molar-refractivity contribution in [3.8, 4) is 11.5 Å². The third kappa shape index (κ3) is 7.06. The average molecular weight is 601 g/mol. The summed E-state index contributed by atoms with van der Waals surface area (Å²) >= 11 is 1.28. The van der Waals surface area contributed by atoms with Crippen LogP contribution in [-0.4, -0.2) is 69.3 Å². The molecule has 1 N–H and O–H groups in total. The van der Waals surface area contributed by atoms with E-state index in [0.29, 0.717) is 16.4 Å². The van der Waals surface area contributed by atoms with Crippen LogP contribution >= 0.6 is 11.3 Å². The van der Waals surface area contributed by atoms with Gasteiger partial charge in [-0.3, -0.25) is 9.59 Å². The second-order valence-corrected chi connectivity index (χ2v) is 13.4. The number of carbonyl (C=O) groups excluding carboxylic acids is 2. The number of hydrogen-bond acceptors (Lipinski definition) is 8. The second kappa shape index (κ2) is 12.6. The van der Waals surface area contributed by atoms with Gasteiger partial charge in [-0.2, -0.15) is 12.7 Å². The Morgan fingerprint density at radius 1 is 1.00 bits per heavy atom. The van der Waals surface area contributed by atoms with E-state index in [-0.39, 0.29) is 18.1 Å². The van der Waals surface area contributed by atoms with Gasteiger partial charge in [0.25, 0.3) is 5.91 Å². The first-order chi connectivity index (χ1) is 19.5. The molecule has 0 atom stereocenters. The first-order valence-electron chi connectivity index (χ1n) is 13.3. The molecule has 10 nitrogen and oxygen atoms in total. The molecule has 1 aromatic heterocycles. The largest absolute Gasteiger partial charge is 0.497 e. The monoisotopic (exact) mass is 600 g/mol. The summed E-state index contributed by atoms with van der Waals surface area (Å²) in [5.41, 5.74) is 1.53. The average Bonchev–Trinajstić information content (AvgIpc) is 3.68. The van der Waals surface area contributed by atoms with Gasteiger partial charge in [-0.25, -0.2) is 9.71 Å². The molecule has 2 aromatic carbocycles. The van der Waals surface area contributed by atoms with E-state index < -0.39 is 21.5 Å². The summed E-state index contributed by atoms with van der Waals surface area (Å²) in [5, 5.41) is 0.568. The maximum Gasteiger partial charge on any atom is 0.303 e. The number of ether oxygens (including phenoxy) is 2. The summed E-state index contributed by atoms with van der Waals surface area (Å²) in [5.74, 6) is 0.742. The number of nitrogens with zero attached hydrogens (tertiary/aromatic N) is 3. The smallest absolute Gasteiger partial charge is 0.303 e. The Morgan fingerprint density at radius 3 is 2.12 bits per heavy atom. The zero-order valence-electron chi connectivity index (χ0n) is 24.0. The van der Waals surface area contributed by atoms with Crippen molar-refractivity contribution in [3.63, 3.8) is 0 Å².